The number of hydrogen-bond donors (Lipinski definition) is 3. The van der Waals surface area contributed by atoms with E-state index in [1.54, 1.807) is 0 Å². The van der Waals surface area contributed by atoms with Gasteiger partial charge in [0.1, 0.15) is 22.4 Å². The Hall–Kier alpha value is -3.61. The molecule has 0 radical (unpaired) electrons. The van der Waals surface area contributed by atoms with Gasteiger partial charge in [-0.05, 0) is 19.1 Å². The van der Waals surface area contributed by atoms with Crippen molar-refractivity contribution in [2.24, 2.45) is 12.8 Å². The van der Waals surface area contributed by atoms with E-state index in [1.165, 1.54) is 24.7 Å². The average Bonchev–Trinajstić information content (AvgIpc) is 3.23. The van der Waals surface area contributed by atoms with Gasteiger partial charge in [0.05, 0.1) is 17.0 Å². The van der Waals surface area contributed by atoms with Gasteiger partial charge in [-0.1, -0.05) is 11.6 Å². The number of ether oxygens (including phenoxy) is 1. The highest BCUT2D eigenvalue weighted by molar-refractivity contribution is 6.33. The molecule has 0 unspecified atom stereocenters. The Labute approximate surface area is 182 Å². The van der Waals surface area contributed by atoms with Crippen molar-refractivity contribution >= 4 is 29.1 Å². The highest BCUT2D eigenvalue weighted by Gasteiger charge is 2.30. The number of rotatable bonds is 6. The standard InChI is InChI=1S/C18H15ClF4N6O3/c1-7-13(14(19)28-27-7)26-17(31)9-3-10(20)8(4-12(9)32-6-18(21,22)23)11-5-29(2)16(25-11)15(24)30/h3-5H,6H2,1-2H3,(H2,24,30)(H,26,31)(H,27,28). The van der Waals surface area contributed by atoms with Gasteiger partial charge in [-0.3, -0.25) is 14.7 Å². The van der Waals surface area contributed by atoms with E-state index in [9.17, 15) is 27.2 Å². The zero-order chi connectivity index (χ0) is 23.8. The van der Waals surface area contributed by atoms with Gasteiger partial charge in [-0.2, -0.15) is 18.3 Å². The molecule has 2 amide bonds. The molecule has 0 atom stereocenters. The van der Waals surface area contributed by atoms with E-state index in [4.69, 9.17) is 22.1 Å². The molecule has 0 fully saturated rings. The third-order valence-corrected chi connectivity index (χ3v) is 4.49. The summed E-state index contributed by atoms with van der Waals surface area (Å²) in [6.07, 6.45) is -3.47. The Balaban J connectivity index is 2.06. The predicted molar refractivity (Wildman–Crippen MR) is 105 cm³/mol. The summed E-state index contributed by atoms with van der Waals surface area (Å²) in [6, 6.07) is 1.57. The summed E-state index contributed by atoms with van der Waals surface area (Å²) in [5, 5.41) is 8.51. The summed E-state index contributed by atoms with van der Waals surface area (Å²) in [5.74, 6) is -3.66. The van der Waals surface area contributed by atoms with E-state index in [0.29, 0.717) is 11.8 Å². The van der Waals surface area contributed by atoms with Crippen molar-refractivity contribution in [3.05, 3.63) is 46.4 Å². The van der Waals surface area contributed by atoms with E-state index >= 15 is 0 Å². The van der Waals surface area contributed by atoms with Crippen LogP contribution in [0.4, 0.5) is 23.2 Å². The number of anilines is 1. The van der Waals surface area contributed by atoms with Gasteiger partial charge in [0.25, 0.3) is 11.8 Å². The SMILES string of the molecule is Cc1n[nH]c(Cl)c1NC(=O)c1cc(F)c(-c2cn(C)c(C(N)=O)n2)cc1OCC(F)(F)F. The lowest BCUT2D eigenvalue weighted by Gasteiger charge is -2.15. The minimum Gasteiger partial charge on any atom is -0.483 e. The topological polar surface area (TPSA) is 128 Å². The summed E-state index contributed by atoms with van der Waals surface area (Å²) in [7, 11) is 1.42. The third kappa shape index (κ3) is 4.82. The summed E-state index contributed by atoms with van der Waals surface area (Å²) in [6.45, 7) is -0.223. The predicted octanol–water partition coefficient (Wildman–Crippen LogP) is 3.20. The van der Waals surface area contributed by atoms with Crippen molar-refractivity contribution in [1.29, 1.82) is 0 Å². The second kappa shape index (κ2) is 8.49. The lowest BCUT2D eigenvalue weighted by molar-refractivity contribution is -0.153. The second-order valence-corrected chi connectivity index (χ2v) is 6.99. The number of hydrogen-bond acceptors (Lipinski definition) is 5. The molecule has 0 spiro atoms. The molecule has 170 valence electrons. The average molecular weight is 475 g/mol. The molecule has 2 heterocycles. The van der Waals surface area contributed by atoms with Crippen LogP contribution < -0.4 is 15.8 Å². The van der Waals surface area contributed by atoms with Crippen LogP contribution in [0.3, 0.4) is 0 Å². The molecule has 0 aliphatic heterocycles. The number of aromatic amines is 1. The number of imidazole rings is 1. The molecule has 0 saturated heterocycles. The van der Waals surface area contributed by atoms with Crippen LogP contribution >= 0.6 is 11.6 Å². The number of halogens is 5. The molecule has 3 rings (SSSR count). The van der Waals surface area contributed by atoms with Crippen LogP contribution in [0.25, 0.3) is 11.3 Å². The number of H-pyrrole nitrogens is 1. The number of primary amides is 1. The van der Waals surface area contributed by atoms with Crippen molar-refractivity contribution < 1.29 is 31.9 Å². The van der Waals surface area contributed by atoms with E-state index < -0.39 is 41.7 Å². The maximum absolute atomic E-state index is 14.9. The van der Waals surface area contributed by atoms with Crippen molar-refractivity contribution in [2.45, 2.75) is 13.1 Å². The largest absolute Gasteiger partial charge is 0.483 e. The Morgan fingerprint density at radius 3 is 2.56 bits per heavy atom. The van der Waals surface area contributed by atoms with Gasteiger partial charge >= 0.3 is 6.18 Å². The molecular formula is C18H15ClF4N6O3. The van der Waals surface area contributed by atoms with Gasteiger partial charge in [0.2, 0.25) is 0 Å². The van der Waals surface area contributed by atoms with Crippen LogP contribution in [0.5, 0.6) is 5.75 Å². The summed E-state index contributed by atoms with van der Waals surface area (Å²) in [4.78, 5) is 28.0. The number of carbonyl (C=O) groups excluding carboxylic acids is 2. The fraction of sp³-hybridized carbons (Fsp3) is 0.222. The molecule has 0 saturated carbocycles. The highest BCUT2D eigenvalue weighted by Crippen LogP contribution is 2.32. The van der Waals surface area contributed by atoms with E-state index in [0.717, 1.165) is 6.07 Å². The number of nitrogens with zero attached hydrogens (tertiary/aromatic N) is 3. The first kappa shape index (κ1) is 23.1. The van der Waals surface area contributed by atoms with Crippen LogP contribution in [0.2, 0.25) is 5.15 Å². The summed E-state index contributed by atoms with van der Waals surface area (Å²) < 4.78 is 59.1. The molecule has 1 aromatic carbocycles. The zero-order valence-electron chi connectivity index (χ0n) is 16.5. The van der Waals surface area contributed by atoms with Crippen molar-refractivity contribution in [2.75, 3.05) is 11.9 Å². The molecule has 0 bridgehead atoms. The number of carbonyl (C=O) groups is 2. The number of amides is 2. The number of aryl methyl sites for hydroxylation is 2. The molecule has 0 aliphatic rings. The lowest BCUT2D eigenvalue weighted by atomic mass is 10.1. The first-order chi connectivity index (χ1) is 14.9. The third-order valence-electron chi connectivity index (χ3n) is 4.22. The first-order valence-corrected chi connectivity index (χ1v) is 9.13. The molecule has 2 aromatic heterocycles. The van der Waals surface area contributed by atoms with Gasteiger partial charge in [0, 0.05) is 18.8 Å². The number of nitrogens with one attached hydrogen (secondary N) is 2. The number of nitrogens with two attached hydrogens (primary N) is 1. The Morgan fingerprint density at radius 2 is 2.03 bits per heavy atom. The normalized spacial score (nSPS) is 11.5. The van der Waals surface area contributed by atoms with Crippen LogP contribution in [0, 0.1) is 12.7 Å². The van der Waals surface area contributed by atoms with Gasteiger partial charge in [-0.15, -0.1) is 0 Å². The number of benzene rings is 1. The Morgan fingerprint density at radius 1 is 1.34 bits per heavy atom. The maximum Gasteiger partial charge on any atom is 0.422 e. The number of alkyl halides is 3. The smallest absolute Gasteiger partial charge is 0.422 e. The molecule has 0 aliphatic carbocycles. The zero-order valence-corrected chi connectivity index (χ0v) is 17.2. The molecule has 32 heavy (non-hydrogen) atoms. The van der Waals surface area contributed by atoms with Crippen LogP contribution in [0.15, 0.2) is 18.3 Å². The van der Waals surface area contributed by atoms with Crippen LogP contribution in [-0.2, 0) is 7.05 Å². The molecule has 3 aromatic rings. The fourth-order valence-corrected chi connectivity index (χ4v) is 2.99. The maximum atomic E-state index is 14.9. The molecule has 14 heteroatoms. The van der Waals surface area contributed by atoms with E-state index in [1.807, 2.05) is 0 Å². The van der Waals surface area contributed by atoms with Crippen molar-refractivity contribution in [1.82, 2.24) is 19.7 Å². The van der Waals surface area contributed by atoms with Crippen LogP contribution in [0.1, 0.15) is 26.7 Å². The second-order valence-electron chi connectivity index (χ2n) is 6.61. The first-order valence-electron chi connectivity index (χ1n) is 8.76. The molecule has 9 nitrogen and oxygen atoms in total. The molecule has 4 N–H and O–H groups in total. The minimum atomic E-state index is -4.73. The summed E-state index contributed by atoms with van der Waals surface area (Å²) in [5.41, 5.74) is 4.61. The van der Waals surface area contributed by atoms with Crippen molar-refractivity contribution in [3.8, 4) is 17.0 Å². The van der Waals surface area contributed by atoms with E-state index in [-0.39, 0.29) is 27.9 Å². The lowest BCUT2D eigenvalue weighted by Crippen LogP contribution is -2.21. The van der Waals surface area contributed by atoms with Gasteiger partial charge < -0.3 is 20.4 Å². The quantitative estimate of drug-likeness (QED) is 0.473. The van der Waals surface area contributed by atoms with Crippen molar-refractivity contribution in [3.63, 3.8) is 0 Å². The van der Waals surface area contributed by atoms with Gasteiger partial charge in [-0.25, -0.2) is 9.37 Å². The molecular weight excluding hydrogens is 460 g/mol. The highest BCUT2D eigenvalue weighted by atomic mass is 35.5. The number of aromatic nitrogens is 4. The Bertz CT molecular complexity index is 1180. The Kier molecular flexibility index (Phi) is 6.12. The van der Waals surface area contributed by atoms with Gasteiger partial charge in [0.15, 0.2) is 12.4 Å². The van der Waals surface area contributed by atoms with Crippen LogP contribution in [-0.4, -0.2) is 44.3 Å². The summed E-state index contributed by atoms with van der Waals surface area (Å²) >= 11 is 5.88. The monoisotopic (exact) mass is 474 g/mol. The van der Waals surface area contributed by atoms with E-state index in [2.05, 4.69) is 20.5 Å². The fourth-order valence-electron chi connectivity index (χ4n) is 2.76. The minimum absolute atomic E-state index is 0.0295.